The highest BCUT2D eigenvalue weighted by Crippen LogP contribution is 1.86. The second kappa shape index (κ2) is 7.85. The SMILES string of the molecule is C=C(C)C(=O)O.C=C(O)C(=O)OCC. The molecule has 0 amide bonds. The topological polar surface area (TPSA) is 83.8 Å². The number of ether oxygens (including phenoxy) is 1. The number of aliphatic carboxylic acids is 1. The minimum Gasteiger partial charge on any atom is -0.502 e. The zero-order valence-corrected chi connectivity index (χ0v) is 8.24. The van der Waals surface area contributed by atoms with Crippen LogP contribution < -0.4 is 0 Å². The van der Waals surface area contributed by atoms with Crippen LogP contribution in [0.15, 0.2) is 24.5 Å². The van der Waals surface area contributed by atoms with E-state index in [1.807, 2.05) is 0 Å². The minimum atomic E-state index is -0.935. The average molecular weight is 202 g/mol. The van der Waals surface area contributed by atoms with Gasteiger partial charge >= 0.3 is 11.9 Å². The van der Waals surface area contributed by atoms with Crippen LogP contribution in [0.5, 0.6) is 0 Å². The number of carbonyl (C=O) groups is 2. The Labute approximate surface area is 82.3 Å². The van der Waals surface area contributed by atoms with Crippen LogP contribution in [0.1, 0.15) is 13.8 Å². The lowest BCUT2D eigenvalue weighted by Gasteiger charge is -1.95. The van der Waals surface area contributed by atoms with Gasteiger partial charge in [0.05, 0.1) is 6.61 Å². The largest absolute Gasteiger partial charge is 0.502 e. The van der Waals surface area contributed by atoms with Crippen LogP contribution in [0.2, 0.25) is 0 Å². The Morgan fingerprint density at radius 1 is 1.29 bits per heavy atom. The Morgan fingerprint density at radius 3 is 1.71 bits per heavy atom. The number of hydrogen-bond donors (Lipinski definition) is 2. The smallest absolute Gasteiger partial charge is 0.372 e. The first-order valence-electron chi connectivity index (χ1n) is 3.76. The van der Waals surface area contributed by atoms with E-state index < -0.39 is 17.7 Å². The molecule has 0 rings (SSSR count). The Morgan fingerprint density at radius 2 is 1.64 bits per heavy atom. The van der Waals surface area contributed by atoms with Crippen molar-refractivity contribution in [2.75, 3.05) is 6.61 Å². The molecule has 0 unspecified atom stereocenters. The maximum absolute atomic E-state index is 10.2. The highest BCUT2D eigenvalue weighted by atomic mass is 16.5. The van der Waals surface area contributed by atoms with Crippen molar-refractivity contribution < 1.29 is 24.5 Å². The second-order valence-corrected chi connectivity index (χ2v) is 2.25. The van der Waals surface area contributed by atoms with Crippen LogP contribution in [0, 0.1) is 0 Å². The molecule has 5 heteroatoms. The maximum atomic E-state index is 10.2. The molecule has 0 bridgehead atoms. The van der Waals surface area contributed by atoms with E-state index >= 15 is 0 Å². The van der Waals surface area contributed by atoms with E-state index in [9.17, 15) is 9.59 Å². The third-order valence-corrected chi connectivity index (χ3v) is 0.876. The van der Waals surface area contributed by atoms with Gasteiger partial charge in [-0.05, 0) is 20.4 Å². The zero-order valence-electron chi connectivity index (χ0n) is 8.24. The predicted molar refractivity (Wildman–Crippen MR) is 50.9 cm³/mol. The first kappa shape index (κ1) is 14.7. The molecule has 2 N–H and O–H groups in total. The molecule has 0 aliphatic carbocycles. The molecule has 5 nitrogen and oxygen atoms in total. The predicted octanol–water partition coefficient (Wildman–Crippen LogP) is 1.27. The number of aliphatic hydroxyl groups is 1. The fourth-order valence-electron chi connectivity index (χ4n) is 0.214. The van der Waals surface area contributed by atoms with Crippen molar-refractivity contribution in [1.29, 1.82) is 0 Å². The summed E-state index contributed by atoms with van der Waals surface area (Å²) in [5, 5.41) is 16.2. The van der Waals surface area contributed by atoms with Crippen molar-refractivity contribution in [2.45, 2.75) is 13.8 Å². The van der Waals surface area contributed by atoms with Gasteiger partial charge in [0, 0.05) is 5.57 Å². The van der Waals surface area contributed by atoms with Gasteiger partial charge < -0.3 is 14.9 Å². The molecular formula is C9H14O5. The summed E-state index contributed by atoms with van der Waals surface area (Å²) in [4.78, 5) is 19.8. The Balaban J connectivity index is 0. The lowest BCUT2D eigenvalue weighted by molar-refractivity contribution is -0.141. The summed E-state index contributed by atoms with van der Waals surface area (Å²) < 4.78 is 4.31. The normalized spacial score (nSPS) is 7.86. The van der Waals surface area contributed by atoms with Crippen LogP contribution in [0.3, 0.4) is 0 Å². The molecule has 0 fully saturated rings. The van der Waals surface area contributed by atoms with Crippen LogP contribution in [0.25, 0.3) is 0 Å². The fourth-order valence-corrected chi connectivity index (χ4v) is 0.214. The van der Waals surface area contributed by atoms with Crippen molar-refractivity contribution in [3.05, 3.63) is 24.5 Å². The molecule has 0 aromatic rings. The molecule has 0 heterocycles. The summed E-state index contributed by atoms with van der Waals surface area (Å²) in [7, 11) is 0. The number of rotatable bonds is 3. The van der Waals surface area contributed by atoms with Crippen LogP contribution in [0.4, 0.5) is 0 Å². The third kappa shape index (κ3) is 10.2. The highest BCUT2D eigenvalue weighted by molar-refractivity contribution is 5.85. The minimum absolute atomic E-state index is 0.176. The molecule has 80 valence electrons. The van der Waals surface area contributed by atoms with Crippen molar-refractivity contribution in [1.82, 2.24) is 0 Å². The van der Waals surface area contributed by atoms with E-state index in [2.05, 4.69) is 17.9 Å². The molecule has 0 spiro atoms. The number of carboxylic acids is 1. The Kier molecular flexibility index (Phi) is 8.26. The molecule has 0 radical (unpaired) electrons. The molecule has 0 saturated heterocycles. The lowest BCUT2D eigenvalue weighted by Crippen LogP contribution is -2.05. The van der Waals surface area contributed by atoms with Gasteiger partial charge in [-0.1, -0.05) is 6.58 Å². The summed E-state index contributed by atoms with van der Waals surface area (Å²) in [6.07, 6.45) is 0. The van der Waals surface area contributed by atoms with Crippen molar-refractivity contribution in [2.24, 2.45) is 0 Å². The van der Waals surface area contributed by atoms with E-state index in [4.69, 9.17) is 10.2 Å². The first-order chi connectivity index (χ1) is 6.32. The quantitative estimate of drug-likeness (QED) is 0.409. The zero-order chi connectivity index (χ0) is 11.7. The molecule has 0 saturated carbocycles. The third-order valence-electron chi connectivity index (χ3n) is 0.876. The second-order valence-electron chi connectivity index (χ2n) is 2.25. The Hall–Kier alpha value is -1.78. The van der Waals surface area contributed by atoms with Gasteiger partial charge in [0.15, 0.2) is 5.76 Å². The fraction of sp³-hybridized carbons (Fsp3) is 0.333. The summed E-state index contributed by atoms with van der Waals surface area (Å²) in [6, 6.07) is 0. The van der Waals surface area contributed by atoms with Gasteiger partial charge in [0.25, 0.3) is 0 Å². The van der Waals surface area contributed by atoms with Gasteiger partial charge in [-0.25, -0.2) is 9.59 Å². The van der Waals surface area contributed by atoms with E-state index in [-0.39, 0.29) is 12.2 Å². The van der Waals surface area contributed by atoms with Crippen LogP contribution >= 0.6 is 0 Å². The molecule has 0 aromatic heterocycles. The molecule has 0 aliphatic heterocycles. The van der Waals surface area contributed by atoms with Crippen molar-refractivity contribution >= 4 is 11.9 Å². The van der Waals surface area contributed by atoms with Crippen LogP contribution in [-0.2, 0) is 14.3 Å². The van der Waals surface area contributed by atoms with Gasteiger partial charge in [0.2, 0.25) is 0 Å². The van der Waals surface area contributed by atoms with Gasteiger partial charge in [0.1, 0.15) is 0 Å². The molecule has 0 aliphatic rings. The summed E-state index contributed by atoms with van der Waals surface area (Å²) in [5.41, 5.74) is 0.176. The average Bonchev–Trinajstić information content (AvgIpc) is 2.05. The lowest BCUT2D eigenvalue weighted by atomic mass is 10.4. The number of aliphatic hydroxyl groups excluding tert-OH is 1. The molecular weight excluding hydrogens is 188 g/mol. The maximum Gasteiger partial charge on any atom is 0.372 e. The molecule has 0 aromatic carbocycles. The van der Waals surface area contributed by atoms with Gasteiger partial charge in [-0.3, -0.25) is 0 Å². The van der Waals surface area contributed by atoms with E-state index in [1.54, 1.807) is 6.92 Å². The van der Waals surface area contributed by atoms with Crippen molar-refractivity contribution in [3.8, 4) is 0 Å². The van der Waals surface area contributed by atoms with E-state index in [0.29, 0.717) is 0 Å². The Bertz CT molecular complexity index is 230. The first-order valence-corrected chi connectivity index (χ1v) is 3.76. The van der Waals surface area contributed by atoms with Crippen LogP contribution in [-0.4, -0.2) is 28.8 Å². The van der Waals surface area contributed by atoms with Gasteiger partial charge in [-0.15, -0.1) is 0 Å². The number of hydrogen-bond acceptors (Lipinski definition) is 4. The van der Waals surface area contributed by atoms with Gasteiger partial charge in [-0.2, -0.15) is 0 Å². The summed E-state index contributed by atoms with van der Waals surface area (Å²) in [6.45, 7) is 9.47. The molecule has 14 heavy (non-hydrogen) atoms. The summed E-state index contributed by atoms with van der Waals surface area (Å²) >= 11 is 0. The van der Waals surface area contributed by atoms with E-state index in [1.165, 1.54) is 6.92 Å². The van der Waals surface area contributed by atoms with Crippen molar-refractivity contribution in [3.63, 3.8) is 0 Å². The molecule has 0 atom stereocenters. The number of carbonyl (C=O) groups excluding carboxylic acids is 1. The number of carboxylic acid groups (broad SMARTS) is 1. The standard InChI is InChI=1S/C5H8O3.C4H6O2/c1-3-8-5(7)4(2)6;1-3(2)4(5)6/h6H,2-3H2,1H3;1H2,2H3,(H,5,6). The highest BCUT2D eigenvalue weighted by Gasteiger charge is 2.01. The number of esters is 1. The summed E-state index contributed by atoms with van der Waals surface area (Å²) in [5.74, 6) is -2.24. The monoisotopic (exact) mass is 202 g/mol. The van der Waals surface area contributed by atoms with E-state index in [0.717, 1.165) is 0 Å².